The maximum atomic E-state index is 6.34. The van der Waals surface area contributed by atoms with Crippen LogP contribution in [0.3, 0.4) is 0 Å². The Kier molecular flexibility index (Phi) is 5.94. The summed E-state index contributed by atoms with van der Waals surface area (Å²) < 4.78 is 6.34. The number of allylic oxidation sites excluding steroid dienone is 3. The second-order valence-electron chi connectivity index (χ2n) is 7.96. The van der Waals surface area contributed by atoms with Crippen LogP contribution in [0.15, 0.2) is 102 Å². The van der Waals surface area contributed by atoms with E-state index >= 15 is 0 Å². The molecule has 0 spiro atoms. The Morgan fingerprint density at radius 1 is 0.867 bits per heavy atom. The molecule has 0 N–H and O–H groups in total. The van der Waals surface area contributed by atoms with E-state index in [2.05, 4.69) is 75.4 Å². The molecule has 30 heavy (non-hydrogen) atoms. The minimum Gasteiger partial charge on any atom is -0.456 e. The lowest BCUT2D eigenvalue weighted by molar-refractivity contribution is 0.505. The van der Waals surface area contributed by atoms with Gasteiger partial charge in [-0.05, 0) is 36.1 Å². The highest BCUT2D eigenvalue weighted by atomic mass is 16.5. The highest BCUT2D eigenvalue weighted by Crippen LogP contribution is 2.41. The van der Waals surface area contributed by atoms with E-state index < -0.39 is 0 Å². The van der Waals surface area contributed by atoms with Crippen molar-refractivity contribution in [1.29, 1.82) is 0 Å². The van der Waals surface area contributed by atoms with Crippen LogP contribution in [0.5, 0.6) is 5.75 Å². The van der Waals surface area contributed by atoms with Gasteiger partial charge in [0.2, 0.25) is 0 Å². The summed E-state index contributed by atoms with van der Waals surface area (Å²) in [6.45, 7) is 7.32. The number of nitrogens with zero attached hydrogens (tertiary/aromatic N) is 1. The van der Waals surface area contributed by atoms with Crippen molar-refractivity contribution in [3.63, 3.8) is 0 Å². The van der Waals surface area contributed by atoms with Crippen LogP contribution in [0.1, 0.15) is 37.5 Å². The van der Waals surface area contributed by atoms with Gasteiger partial charge in [0.15, 0.2) is 0 Å². The van der Waals surface area contributed by atoms with E-state index in [0.717, 1.165) is 51.6 Å². The SMILES string of the molecule is CC1=C(c2ccccc2)Oc2ccccc2/C1=C\C(=NCC(C)C)c1ccccc1. The molecule has 1 heterocycles. The Hall–Kier alpha value is -3.39. The summed E-state index contributed by atoms with van der Waals surface area (Å²) in [6, 6.07) is 29.0. The molecule has 0 radical (unpaired) electrons. The summed E-state index contributed by atoms with van der Waals surface area (Å²) in [5.74, 6) is 2.28. The van der Waals surface area contributed by atoms with Crippen LogP contribution < -0.4 is 4.74 Å². The summed E-state index contributed by atoms with van der Waals surface area (Å²) >= 11 is 0. The molecule has 150 valence electrons. The molecule has 4 rings (SSSR count). The second-order valence-corrected chi connectivity index (χ2v) is 7.96. The second kappa shape index (κ2) is 8.96. The van der Waals surface area contributed by atoms with Gasteiger partial charge in [0.05, 0.1) is 5.71 Å². The topological polar surface area (TPSA) is 21.6 Å². The molecule has 1 aliphatic rings. The third-order valence-electron chi connectivity index (χ3n) is 5.15. The normalized spacial score (nSPS) is 15.3. The zero-order valence-corrected chi connectivity index (χ0v) is 17.8. The van der Waals surface area contributed by atoms with E-state index in [1.165, 1.54) is 0 Å². The molecular weight excluding hydrogens is 366 g/mol. The molecule has 2 heteroatoms. The highest BCUT2D eigenvalue weighted by Gasteiger charge is 2.23. The zero-order chi connectivity index (χ0) is 20.9. The van der Waals surface area contributed by atoms with Crippen molar-refractivity contribution in [3.05, 3.63) is 113 Å². The first-order valence-corrected chi connectivity index (χ1v) is 10.5. The molecule has 3 aromatic rings. The minimum atomic E-state index is 0.501. The lowest BCUT2D eigenvalue weighted by atomic mass is 9.91. The summed E-state index contributed by atoms with van der Waals surface area (Å²) in [5.41, 5.74) is 6.58. The average Bonchev–Trinajstić information content (AvgIpc) is 2.78. The van der Waals surface area contributed by atoms with E-state index in [0.29, 0.717) is 5.92 Å². The number of benzene rings is 3. The Balaban J connectivity index is 1.89. The standard InChI is InChI=1S/C28H27NO/c1-20(2)19-29-26(22-12-6-4-7-13-22)18-25-21(3)28(23-14-8-5-9-15-23)30-27-17-11-10-16-24(25)27/h4-18,20H,19H2,1-3H3/b25-18-,29-26?. The van der Waals surface area contributed by atoms with Gasteiger partial charge >= 0.3 is 0 Å². The van der Waals surface area contributed by atoms with Gasteiger partial charge < -0.3 is 4.74 Å². The minimum absolute atomic E-state index is 0.501. The Morgan fingerprint density at radius 2 is 1.50 bits per heavy atom. The predicted octanol–water partition coefficient (Wildman–Crippen LogP) is 7.04. The van der Waals surface area contributed by atoms with Gasteiger partial charge in [-0.3, -0.25) is 4.99 Å². The number of aliphatic imine (C=N–C) groups is 1. The van der Waals surface area contributed by atoms with Gasteiger partial charge in [-0.2, -0.15) is 0 Å². The smallest absolute Gasteiger partial charge is 0.138 e. The summed E-state index contributed by atoms with van der Waals surface area (Å²) in [4.78, 5) is 4.97. The fourth-order valence-corrected chi connectivity index (χ4v) is 3.59. The fourth-order valence-electron chi connectivity index (χ4n) is 3.59. The molecular formula is C28H27NO. The van der Waals surface area contributed by atoms with Crippen LogP contribution in [0, 0.1) is 5.92 Å². The Morgan fingerprint density at radius 3 is 2.20 bits per heavy atom. The van der Waals surface area contributed by atoms with Gasteiger partial charge in [0.25, 0.3) is 0 Å². The molecule has 0 amide bonds. The molecule has 0 bridgehead atoms. The molecule has 0 atom stereocenters. The molecule has 0 saturated heterocycles. The van der Waals surface area contributed by atoms with E-state index in [1.54, 1.807) is 0 Å². The van der Waals surface area contributed by atoms with Gasteiger partial charge in [-0.1, -0.05) is 92.7 Å². The van der Waals surface area contributed by atoms with Gasteiger partial charge in [0.1, 0.15) is 11.5 Å². The van der Waals surface area contributed by atoms with Crippen molar-refractivity contribution in [1.82, 2.24) is 0 Å². The Bertz CT molecular complexity index is 1110. The number of para-hydroxylation sites is 1. The fraction of sp³-hybridized carbons (Fsp3) is 0.179. The van der Waals surface area contributed by atoms with Crippen molar-refractivity contribution in [2.45, 2.75) is 20.8 Å². The van der Waals surface area contributed by atoms with Gasteiger partial charge in [-0.25, -0.2) is 0 Å². The third-order valence-corrected chi connectivity index (χ3v) is 5.15. The molecule has 0 aromatic heterocycles. The van der Waals surface area contributed by atoms with Crippen molar-refractivity contribution in [3.8, 4) is 5.75 Å². The van der Waals surface area contributed by atoms with Crippen molar-refractivity contribution < 1.29 is 4.74 Å². The number of rotatable bonds is 5. The first-order chi connectivity index (χ1) is 14.6. The summed E-state index contributed by atoms with van der Waals surface area (Å²) in [6.07, 6.45) is 2.22. The monoisotopic (exact) mass is 393 g/mol. The maximum Gasteiger partial charge on any atom is 0.138 e. The molecule has 3 aromatic carbocycles. The average molecular weight is 394 g/mol. The van der Waals surface area contributed by atoms with E-state index in [9.17, 15) is 0 Å². The molecule has 0 fully saturated rings. The number of ether oxygens (including phenoxy) is 1. The molecule has 1 aliphatic heterocycles. The van der Waals surface area contributed by atoms with E-state index in [4.69, 9.17) is 9.73 Å². The Labute approximate surface area is 179 Å². The van der Waals surface area contributed by atoms with Crippen LogP contribution in [-0.2, 0) is 0 Å². The first-order valence-electron chi connectivity index (χ1n) is 10.5. The molecule has 2 nitrogen and oxygen atoms in total. The van der Waals surface area contributed by atoms with Gasteiger partial charge in [-0.15, -0.1) is 0 Å². The predicted molar refractivity (Wildman–Crippen MR) is 127 cm³/mol. The van der Waals surface area contributed by atoms with Crippen molar-refractivity contribution >= 4 is 17.0 Å². The van der Waals surface area contributed by atoms with Gasteiger partial charge in [0, 0.05) is 23.2 Å². The molecule has 0 unspecified atom stereocenters. The third kappa shape index (κ3) is 4.28. The molecule has 0 aliphatic carbocycles. The number of hydrogen-bond donors (Lipinski definition) is 0. The lowest BCUT2D eigenvalue weighted by Gasteiger charge is -2.25. The first kappa shape index (κ1) is 19.9. The van der Waals surface area contributed by atoms with E-state index in [-0.39, 0.29) is 0 Å². The quantitative estimate of drug-likeness (QED) is 0.426. The summed E-state index contributed by atoms with van der Waals surface area (Å²) in [7, 11) is 0. The van der Waals surface area contributed by atoms with Crippen LogP contribution in [0.4, 0.5) is 0 Å². The highest BCUT2D eigenvalue weighted by molar-refractivity contribution is 6.14. The van der Waals surface area contributed by atoms with E-state index in [1.807, 2.05) is 36.4 Å². The van der Waals surface area contributed by atoms with Crippen molar-refractivity contribution in [2.75, 3.05) is 6.54 Å². The van der Waals surface area contributed by atoms with Crippen LogP contribution in [0.25, 0.3) is 11.3 Å². The van der Waals surface area contributed by atoms with Crippen LogP contribution >= 0.6 is 0 Å². The number of fused-ring (bicyclic) bond motifs is 1. The van der Waals surface area contributed by atoms with Crippen LogP contribution in [-0.4, -0.2) is 12.3 Å². The lowest BCUT2D eigenvalue weighted by Crippen LogP contribution is -2.10. The maximum absolute atomic E-state index is 6.34. The zero-order valence-electron chi connectivity index (χ0n) is 17.8. The van der Waals surface area contributed by atoms with Crippen molar-refractivity contribution in [2.24, 2.45) is 10.9 Å². The largest absolute Gasteiger partial charge is 0.456 e. The summed E-state index contributed by atoms with van der Waals surface area (Å²) in [5, 5.41) is 0. The number of hydrogen-bond acceptors (Lipinski definition) is 2. The molecule has 0 saturated carbocycles. The van der Waals surface area contributed by atoms with Crippen LogP contribution in [0.2, 0.25) is 0 Å².